The van der Waals surface area contributed by atoms with Crippen molar-refractivity contribution in [3.05, 3.63) is 64.3 Å². The van der Waals surface area contributed by atoms with Crippen molar-refractivity contribution in [2.75, 3.05) is 7.11 Å². The topological polar surface area (TPSA) is 85.2 Å². The summed E-state index contributed by atoms with van der Waals surface area (Å²) in [6.45, 7) is 1.81. The van der Waals surface area contributed by atoms with E-state index in [1.165, 1.54) is 0 Å². The lowest BCUT2D eigenvalue weighted by atomic mass is 9.88. The van der Waals surface area contributed by atoms with Crippen LogP contribution in [0.1, 0.15) is 27.5 Å². The molecule has 3 rings (SSSR count). The number of aromatic nitrogens is 1. The molecule has 3 N–H and O–H groups in total. The number of rotatable bonds is 5. The summed E-state index contributed by atoms with van der Waals surface area (Å²) >= 11 is 5.87. The minimum absolute atomic E-state index is 0.365. The van der Waals surface area contributed by atoms with Gasteiger partial charge in [-0.2, -0.15) is 0 Å². The van der Waals surface area contributed by atoms with E-state index in [2.05, 4.69) is 4.98 Å². The third-order valence-corrected chi connectivity index (χ3v) is 4.46. The van der Waals surface area contributed by atoms with Crippen LogP contribution in [0.15, 0.2) is 42.5 Å². The maximum Gasteiger partial charge on any atom is 0.232 e. The first-order valence-corrected chi connectivity index (χ1v) is 8.05. The molecule has 0 aliphatic carbocycles. The molecule has 25 heavy (non-hydrogen) atoms. The predicted octanol–water partition coefficient (Wildman–Crippen LogP) is 3.59. The Morgan fingerprint density at radius 3 is 2.44 bits per heavy atom. The fraction of sp³-hybridized carbons (Fsp3) is 0.158. The van der Waals surface area contributed by atoms with Gasteiger partial charge in [0.25, 0.3) is 0 Å². The Kier molecular flexibility index (Phi) is 4.51. The van der Waals surface area contributed by atoms with Crippen LogP contribution in [0, 0.1) is 6.92 Å². The van der Waals surface area contributed by atoms with Crippen molar-refractivity contribution >= 4 is 34.2 Å². The highest BCUT2D eigenvalue weighted by molar-refractivity contribution is 6.30. The number of hydrogen-bond acceptors (Lipinski definition) is 3. The molecule has 0 fully saturated rings. The van der Waals surface area contributed by atoms with E-state index in [9.17, 15) is 9.59 Å². The number of ketones is 1. The van der Waals surface area contributed by atoms with Crippen LogP contribution >= 0.6 is 11.6 Å². The number of Topliss-reactive ketones (excluding diaryl/α,β-unsaturated/α-hetero) is 1. The molecule has 0 radical (unpaired) electrons. The monoisotopic (exact) mass is 356 g/mol. The van der Waals surface area contributed by atoms with Crippen LogP contribution in [0.3, 0.4) is 0 Å². The third kappa shape index (κ3) is 3.10. The molecule has 0 saturated heterocycles. The number of H-pyrrole nitrogens is 1. The smallest absolute Gasteiger partial charge is 0.232 e. The molecule has 3 aromatic rings. The zero-order valence-electron chi connectivity index (χ0n) is 13.8. The number of carbonyl (C=O) groups is 2. The normalized spacial score (nSPS) is 12.1. The molecule has 0 bridgehead atoms. The van der Waals surface area contributed by atoms with Gasteiger partial charge in [-0.15, -0.1) is 0 Å². The number of carbonyl (C=O) groups excluding carboxylic acids is 2. The van der Waals surface area contributed by atoms with Crippen molar-refractivity contribution in [3.8, 4) is 5.75 Å². The molecule has 1 amide bonds. The summed E-state index contributed by atoms with van der Waals surface area (Å²) in [5.74, 6) is -1.53. The molecule has 1 aromatic heterocycles. The van der Waals surface area contributed by atoms with Crippen LogP contribution in [0.25, 0.3) is 10.9 Å². The number of methoxy groups -OCH3 is 1. The zero-order valence-corrected chi connectivity index (χ0v) is 14.6. The molecule has 1 heterocycles. The first-order chi connectivity index (χ1) is 11.9. The van der Waals surface area contributed by atoms with Gasteiger partial charge in [-0.25, -0.2) is 0 Å². The molecule has 0 spiro atoms. The van der Waals surface area contributed by atoms with E-state index >= 15 is 0 Å². The highest BCUT2D eigenvalue weighted by atomic mass is 35.5. The zero-order chi connectivity index (χ0) is 18.1. The Hall–Kier alpha value is -2.79. The summed E-state index contributed by atoms with van der Waals surface area (Å²) in [4.78, 5) is 28.3. The van der Waals surface area contributed by atoms with E-state index < -0.39 is 11.8 Å². The molecular weight excluding hydrogens is 340 g/mol. The lowest BCUT2D eigenvalue weighted by Crippen LogP contribution is -2.29. The second-order valence-electron chi connectivity index (χ2n) is 5.78. The molecule has 5 nitrogen and oxygen atoms in total. The Morgan fingerprint density at radius 1 is 1.16 bits per heavy atom. The molecule has 6 heteroatoms. The standard InChI is InChI=1S/C19H17ClN2O3/c1-10-16(14-9-13(25-2)7-8-15(14)22-10)17(19(21)24)18(23)11-3-5-12(20)6-4-11/h3-9,17,22H,1-2H3,(H2,21,24). The van der Waals surface area contributed by atoms with E-state index in [0.717, 1.165) is 16.6 Å². The average molecular weight is 357 g/mol. The number of aryl methyl sites for hydroxylation is 1. The number of hydrogen-bond donors (Lipinski definition) is 2. The Labute approximate surface area is 149 Å². The average Bonchev–Trinajstić information content (AvgIpc) is 2.90. The molecule has 0 aliphatic rings. The van der Waals surface area contributed by atoms with Crippen molar-refractivity contribution in [3.63, 3.8) is 0 Å². The number of amides is 1. The highest BCUT2D eigenvalue weighted by Gasteiger charge is 2.31. The molecule has 0 aliphatic heterocycles. The van der Waals surface area contributed by atoms with E-state index in [4.69, 9.17) is 22.1 Å². The third-order valence-electron chi connectivity index (χ3n) is 4.21. The second kappa shape index (κ2) is 6.61. The van der Waals surface area contributed by atoms with Gasteiger partial charge in [0, 0.05) is 32.7 Å². The number of fused-ring (bicyclic) bond motifs is 1. The van der Waals surface area contributed by atoms with E-state index in [1.807, 2.05) is 19.1 Å². The van der Waals surface area contributed by atoms with Crippen molar-refractivity contribution in [1.82, 2.24) is 4.98 Å². The number of primary amides is 1. The number of ether oxygens (including phenoxy) is 1. The molecule has 128 valence electrons. The summed E-state index contributed by atoms with van der Waals surface area (Å²) in [7, 11) is 1.56. The van der Waals surface area contributed by atoms with E-state index in [1.54, 1.807) is 37.4 Å². The van der Waals surface area contributed by atoms with Crippen molar-refractivity contribution in [2.45, 2.75) is 12.8 Å². The summed E-state index contributed by atoms with van der Waals surface area (Å²) in [5.41, 5.74) is 8.07. The number of halogens is 1. The lowest BCUT2D eigenvalue weighted by Gasteiger charge is -2.14. The van der Waals surface area contributed by atoms with Gasteiger partial charge in [0.05, 0.1) is 7.11 Å². The second-order valence-corrected chi connectivity index (χ2v) is 6.22. The first kappa shape index (κ1) is 17.0. The minimum atomic E-state index is -1.10. The number of nitrogens with two attached hydrogens (primary N) is 1. The quantitative estimate of drug-likeness (QED) is 0.541. The van der Waals surface area contributed by atoms with Gasteiger partial charge < -0.3 is 15.5 Å². The highest BCUT2D eigenvalue weighted by Crippen LogP contribution is 2.33. The van der Waals surface area contributed by atoms with Crippen molar-refractivity contribution < 1.29 is 14.3 Å². The predicted molar refractivity (Wildman–Crippen MR) is 97.3 cm³/mol. The lowest BCUT2D eigenvalue weighted by molar-refractivity contribution is -0.118. The number of nitrogens with one attached hydrogen (secondary N) is 1. The Bertz CT molecular complexity index is 961. The molecule has 0 saturated carbocycles. The Balaban J connectivity index is 2.17. The first-order valence-electron chi connectivity index (χ1n) is 7.67. The van der Waals surface area contributed by atoms with Crippen molar-refractivity contribution in [2.24, 2.45) is 5.73 Å². The van der Waals surface area contributed by atoms with Gasteiger partial charge in [0.1, 0.15) is 11.7 Å². The maximum absolute atomic E-state index is 13.0. The van der Waals surface area contributed by atoms with Crippen LogP contribution in [0.2, 0.25) is 5.02 Å². The molecular formula is C19H17ClN2O3. The molecule has 1 unspecified atom stereocenters. The van der Waals surface area contributed by atoms with E-state index in [-0.39, 0.29) is 5.78 Å². The van der Waals surface area contributed by atoms with Crippen LogP contribution < -0.4 is 10.5 Å². The van der Waals surface area contributed by atoms with Crippen LogP contribution in [0.5, 0.6) is 5.75 Å². The number of benzene rings is 2. The SMILES string of the molecule is COc1ccc2[nH]c(C)c(C(C(N)=O)C(=O)c3ccc(Cl)cc3)c2c1. The van der Waals surface area contributed by atoms with Gasteiger partial charge in [-0.1, -0.05) is 11.6 Å². The van der Waals surface area contributed by atoms with Crippen LogP contribution in [-0.4, -0.2) is 23.8 Å². The number of aromatic amines is 1. The fourth-order valence-corrected chi connectivity index (χ4v) is 3.13. The largest absolute Gasteiger partial charge is 0.497 e. The minimum Gasteiger partial charge on any atom is -0.497 e. The molecule has 2 aromatic carbocycles. The fourth-order valence-electron chi connectivity index (χ4n) is 3.01. The van der Waals surface area contributed by atoms with Crippen molar-refractivity contribution in [1.29, 1.82) is 0 Å². The van der Waals surface area contributed by atoms with Gasteiger partial charge in [0.15, 0.2) is 5.78 Å². The van der Waals surface area contributed by atoms with Gasteiger partial charge in [-0.05, 0) is 49.4 Å². The van der Waals surface area contributed by atoms with Gasteiger partial charge in [0.2, 0.25) is 5.91 Å². The van der Waals surface area contributed by atoms with Gasteiger partial charge in [-0.3, -0.25) is 9.59 Å². The summed E-state index contributed by atoms with van der Waals surface area (Å²) in [6, 6.07) is 11.8. The summed E-state index contributed by atoms with van der Waals surface area (Å²) in [5, 5.41) is 1.25. The van der Waals surface area contributed by atoms with Gasteiger partial charge >= 0.3 is 0 Å². The summed E-state index contributed by atoms with van der Waals surface area (Å²) in [6.07, 6.45) is 0. The molecule has 1 atom stereocenters. The van der Waals surface area contributed by atoms with Crippen LogP contribution in [-0.2, 0) is 4.79 Å². The van der Waals surface area contributed by atoms with Crippen LogP contribution in [0.4, 0.5) is 0 Å². The summed E-state index contributed by atoms with van der Waals surface area (Å²) < 4.78 is 5.26. The maximum atomic E-state index is 13.0. The Morgan fingerprint density at radius 2 is 1.84 bits per heavy atom. The van der Waals surface area contributed by atoms with E-state index in [0.29, 0.717) is 21.9 Å².